The van der Waals surface area contributed by atoms with Gasteiger partial charge in [0, 0.05) is 23.4 Å². The van der Waals surface area contributed by atoms with Gasteiger partial charge in [-0.3, -0.25) is 9.69 Å². The summed E-state index contributed by atoms with van der Waals surface area (Å²) in [5.41, 5.74) is 6.35. The first kappa shape index (κ1) is 23.7. The molecule has 1 heterocycles. The highest BCUT2D eigenvalue weighted by Gasteiger charge is 2.37. The van der Waals surface area contributed by atoms with Crippen molar-refractivity contribution in [2.75, 3.05) is 13.1 Å². The van der Waals surface area contributed by atoms with E-state index in [1.165, 1.54) is 29.5 Å². The van der Waals surface area contributed by atoms with Crippen molar-refractivity contribution in [1.82, 2.24) is 4.90 Å². The van der Waals surface area contributed by atoms with Gasteiger partial charge in [0.05, 0.1) is 0 Å². The van der Waals surface area contributed by atoms with Crippen LogP contribution >= 0.6 is 11.6 Å². The summed E-state index contributed by atoms with van der Waals surface area (Å²) in [6.07, 6.45) is 7.55. The van der Waals surface area contributed by atoms with Gasteiger partial charge < -0.3 is 9.84 Å². The summed E-state index contributed by atoms with van der Waals surface area (Å²) >= 11 is 6.29. The summed E-state index contributed by atoms with van der Waals surface area (Å²) in [6, 6.07) is 22.9. The van der Waals surface area contributed by atoms with Crippen LogP contribution in [0, 0.1) is 0 Å². The Labute approximate surface area is 211 Å². The minimum absolute atomic E-state index is 0.0651. The second-order valence-corrected chi connectivity index (χ2v) is 10.0. The fraction of sp³-hybridized carbons (Fsp3) is 0.300. The Hall–Kier alpha value is -3.08. The topological polar surface area (TPSA) is 49.8 Å². The third-order valence-electron chi connectivity index (χ3n) is 7.29. The van der Waals surface area contributed by atoms with E-state index in [-0.39, 0.29) is 11.8 Å². The lowest BCUT2D eigenvalue weighted by Gasteiger charge is -2.39. The lowest BCUT2D eigenvalue weighted by molar-refractivity contribution is -0.136. The standard InChI is InChI=1S/C30H30ClNO3/c31-28-19-26(11-9-25(28)10-12-29(33)34)35-21-23-7-5-22(6-8-23)20-32-17-15-30(16-18-32)14-13-24-3-1-2-4-27(24)30/h1-9,11,13-14,19H,10,12,15-18,20-21H2,(H,33,34). The predicted octanol–water partition coefficient (Wildman–Crippen LogP) is 6.50. The van der Waals surface area contributed by atoms with Gasteiger partial charge in [0.15, 0.2) is 0 Å². The molecule has 0 atom stereocenters. The van der Waals surface area contributed by atoms with E-state index in [4.69, 9.17) is 21.4 Å². The highest BCUT2D eigenvalue weighted by Crippen LogP contribution is 2.43. The maximum absolute atomic E-state index is 10.8. The van der Waals surface area contributed by atoms with Crippen LogP contribution in [0.1, 0.15) is 47.1 Å². The maximum Gasteiger partial charge on any atom is 0.303 e. The molecule has 4 nitrogen and oxygen atoms in total. The number of carbonyl (C=O) groups is 1. The average molecular weight is 488 g/mol. The van der Waals surface area contributed by atoms with Crippen LogP contribution in [-0.4, -0.2) is 29.1 Å². The highest BCUT2D eigenvalue weighted by atomic mass is 35.5. The fourth-order valence-electron chi connectivity index (χ4n) is 5.21. The molecule has 1 aliphatic carbocycles. The van der Waals surface area contributed by atoms with Crippen LogP contribution in [-0.2, 0) is 29.8 Å². The van der Waals surface area contributed by atoms with Crippen LogP contribution in [0.5, 0.6) is 5.75 Å². The molecule has 0 radical (unpaired) electrons. The average Bonchev–Trinajstić information content (AvgIpc) is 3.22. The van der Waals surface area contributed by atoms with Crippen molar-refractivity contribution < 1.29 is 14.6 Å². The van der Waals surface area contributed by atoms with E-state index in [1.54, 1.807) is 6.07 Å². The van der Waals surface area contributed by atoms with Crippen molar-refractivity contribution in [2.24, 2.45) is 0 Å². The van der Waals surface area contributed by atoms with Gasteiger partial charge in [0.1, 0.15) is 12.4 Å². The molecule has 0 aromatic heterocycles. The van der Waals surface area contributed by atoms with E-state index in [1.807, 2.05) is 12.1 Å². The zero-order valence-corrected chi connectivity index (χ0v) is 20.5. The van der Waals surface area contributed by atoms with Crippen molar-refractivity contribution >= 4 is 23.6 Å². The lowest BCUT2D eigenvalue weighted by atomic mass is 9.74. The molecule has 5 rings (SSSR count). The number of carboxylic acid groups (broad SMARTS) is 1. The number of aliphatic carboxylic acids is 1. The summed E-state index contributed by atoms with van der Waals surface area (Å²) in [5.74, 6) is -0.145. The molecule has 1 fully saturated rings. The number of likely N-dealkylation sites (tertiary alicyclic amines) is 1. The molecule has 3 aromatic rings. The Morgan fingerprint density at radius 3 is 2.49 bits per heavy atom. The SMILES string of the molecule is O=C(O)CCc1ccc(OCc2ccc(CN3CCC4(C=Cc5ccccc54)CC3)cc2)cc1Cl. The number of halogens is 1. The van der Waals surface area contributed by atoms with Crippen molar-refractivity contribution in [3.63, 3.8) is 0 Å². The Morgan fingerprint density at radius 1 is 1.00 bits per heavy atom. The minimum Gasteiger partial charge on any atom is -0.489 e. The first-order chi connectivity index (χ1) is 17.0. The molecule has 180 valence electrons. The van der Waals surface area contributed by atoms with Gasteiger partial charge in [0.25, 0.3) is 0 Å². The Balaban J connectivity index is 1.11. The Kier molecular flexibility index (Phi) is 6.94. The van der Waals surface area contributed by atoms with E-state index >= 15 is 0 Å². The third-order valence-corrected chi connectivity index (χ3v) is 7.65. The van der Waals surface area contributed by atoms with Crippen LogP contribution in [0.25, 0.3) is 6.08 Å². The van der Waals surface area contributed by atoms with Gasteiger partial charge in [0.2, 0.25) is 0 Å². The molecule has 0 amide bonds. The number of nitrogens with zero attached hydrogens (tertiary/aromatic N) is 1. The summed E-state index contributed by atoms with van der Waals surface area (Å²) < 4.78 is 5.91. The summed E-state index contributed by atoms with van der Waals surface area (Å²) in [5, 5.41) is 9.39. The first-order valence-corrected chi connectivity index (χ1v) is 12.6. The van der Waals surface area contributed by atoms with Crippen LogP contribution in [0.4, 0.5) is 0 Å². The zero-order chi connectivity index (χ0) is 24.3. The largest absolute Gasteiger partial charge is 0.489 e. The summed E-state index contributed by atoms with van der Waals surface area (Å²) in [6.45, 7) is 3.64. The molecule has 1 spiro atoms. The number of piperidine rings is 1. The molecule has 0 saturated carbocycles. The number of hydrogen-bond donors (Lipinski definition) is 1. The second-order valence-electron chi connectivity index (χ2n) is 9.60. The van der Waals surface area contributed by atoms with Gasteiger partial charge >= 0.3 is 5.97 Å². The molecular weight excluding hydrogens is 458 g/mol. The van der Waals surface area contributed by atoms with Gasteiger partial charge in [-0.15, -0.1) is 0 Å². The van der Waals surface area contributed by atoms with Gasteiger partial charge in [-0.05, 0) is 72.3 Å². The molecule has 1 aliphatic heterocycles. The van der Waals surface area contributed by atoms with Gasteiger partial charge in [-0.25, -0.2) is 0 Å². The number of allylic oxidation sites excluding steroid dienone is 1. The molecule has 1 N–H and O–H groups in total. The van der Waals surface area contributed by atoms with Gasteiger partial charge in [-0.1, -0.05) is 78.4 Å². The molecule has 1 saturated heterocycles. The number of aryl methyl sites for hydroxylation is 1. The molecule has 5 heteroatoms. The monoisotopic (exact) mass is 487 g/mol. The summed E-state index contributed by atoms with van der Waals surface area (Å²) in [7, 11) is 0. The van der Waals surface area contributed by atoms with Crippen LogP contribution in [0.3, 0.4) is 0 Å². The number of rotatable bonds is 8. The van der Waals surface area contributed by atoms with E-state index in [0.717, 1.165) is 30.8 Å². The van der Waals surface area contributed by atoms with Crippen LogP contribution in [0.2, 0.25) is 5.02 Å². The van der Waals surface area contributed by atoms with Crippen LogP contribution in [0.15, 0.2) is 72.8 Å². The molecule has 0 bridgehead atoms. The predicted molar refractivity (Wildman–Crippen MR) is 140 cm³/mol. The molecule has 3 aromatic carbocycles. The second kappa shape index (κ2) is 10.3. The van der Waals surface area contributed by atoms with E-state index < -0.39 is 5.97 Å². The van der Waals surface area contributed by atoms with Crippen molar-refractivity contribution in [3.05, 3.63) is 106 Å². The Bertz CT molecular complexity index is 1230. The summed E-state index contributed by atoms with van der Waals surface area (Å²) in [4.78, 5) is 13.3. The molecule has 35 heavy (non-hydrogen) atoms. The normalized spacial score (nSPS) is 16.4. The van der Waals surface area contributed by atoms with Crippen LogP contribution < -0.4 is 4.74 Å². The van der Waals surface area contributed by atoms with E-state index in [9.17, 15) is 4.79 Å². The van der Waals surface area contributed by atoms with E-state index in [0.29, 0.717) is 23.8 Å². The number of benzene rings is 3. The lowest BCUT2D eigenvalue weighted by Crippen LogP contribution is -2.40. The number of ether oxygens (including phenoxy) is 1. The zero-order valence-electron chi connectivity index (χ0n) is 19.8. The molecular formula is C30H30ClNO3. The molecule has 0 unspecified atom stereocenters. The number of fused-ring (bicyclic) bond motifs is 2. The smallest absolute Gasteiger partial charge is 0.303 e. The Morgan fingerprint density at radius 2 is 1.74 bits per heavy atom. The highest BCUT2D eigenvalue weighted by molar-refractivity contribution is 6.31. The minimum atomic E-state index is -0.828. The third kappa shape index (κ3) is 5.44. The van der Waals surface area contributed by atoms with Crippen molar-refractivity contribution in [3.8, 4) is 5.75 Å². The number of carboxylic acids is 1. The fourth-order valence-corrected chi connectivity index (χ4v) is 5.47. The number of hydrogen-bond acceptors (Lipinski definition) is 3. The van der Waals surface area contributed by atoms with Gasteiger partial charge in [-0.2, -0.15) is 0 Å². The van der Waals surface area contributed by atoms with E-state index in [2.05, 4.69) is 65.6 Å². The maximum atomic E-state index is 10.8. The quantitative estimate of drug-likeness (QED) is 0.394. The molecule has 2 aliphatic rings. The van der Waals surface area contributed by atoms with Crippen molar-refractivity contribution in [2.45, 2.75) is 44.2 Å². The van der Waals surface area contributed by atoms with Crippen molar-refractivity contribution in [1.29, 1.82) is 0 Å². The first-order valence-electron chi connectivity index (χ1n) is 12.2.